The highest BCUT2D eigenvalue weighted by Gasteiger charge is 2.30. The Morgan fingerprint density at radius 2 is 1.48 bits per heavy atom. The third-order valence-corrected chi connectivity index (χ3v) is 4.16. The van der Waals surface area contributed by atoms with Crippen molar-refractivity contribution in [1.29, 1.82) is 0 Å². The van der Waals surface area contributed by atoms with Crippen molar-refractivity contribution < 1.29 is 17.2 Å². The SMILES string of the molecule is O=S(=O)=C=C1CN(C(c2cccc(F)c2)c2cccc(F)c2)C1. The van der Waals surface area contributed by atoms with Gasteiger partial charge in [-0.05, 0) is 35.4 Å². The van der Waals surface area contributed by atoms with Crippen molar-refractivity contribution in [3.05, 3.63) is 76.9 Å². The first kappa shape index (κ1) is 15.6. The summed E-state index contributed by atoms with van der Waals surface area (Å²) in [6.45, 7) is 0.789. The van der Waals surface area contributed by atoms with Crippen molar-refractivity contribution in [3.8, 4) is 0 Å². The van der Waals surface area contributed by atoms with Crippen LogP contribution in [-0.2, 0) is 10.3 Å². The zero-order valence-electron chi connectivity index (χ0n) is 12.0. The van der Waals surface area contributed by atoms with Gasteiger partial charge in [0.15, 0.2) is 0 Å². The molecule has 0 radical (unpaired) electrons. The van der Waals surface area contributed by atoms with Crippen molar-refractivity contribution in [3.63, 3.8) is 0 Å². The van der Waals surface area contributed by atoms with E-state index in [0.717, 1.165) is 0 Å². The third-order valence-electron chi connectivity index (χ3n) is 3.71. The zero-order chi connectivity index (χ0) is 16.4. The van der Waals surface area contributed by atoms with E-state index in [0.29, 0.717) is 29.8 Å². The summed E-state index contributed by atoms with van der Waals surface area (Å²) in [6, 6.07) is 11.9. The molecule has 1 heterocycles. The highest BCUT2D eigenvalue weighted by molar-refractivity contribution is 7.70. The lowest BCUT2D eigenvalue weighted by atomic mass is 9.93. The van der Waals surface area contributed by atoms with Crippen LogP contribution in [0, 0.1) is 11.6 Å². The average Bonchev–Trinajstić information content (AvgIpc) is 2.45. The fourth-order valence-electron chi connectivity index (χ4n) is 2.78. The van der Waals surface area contributed by atoms with Gasteiger partial charge in [0.2, 0.25) is 0 Å². The van der Waals surface area contributed by atoms with E-state index >= 15 is 0 Å². The molecule has 1 saturated heterocycles. The lowest BCUT2D eigenvalue weighted by Crippen LogP contribution is -2.43. The molecule has 3 rings (SSSR count). The molecule has 0 saturated carbocycles. The van der Waals surface area contributed by atoms with Gasteiger partial charge in [0.1, 0.15) is 11.6 Å². The number of nitrogens with zero attached hydrogens (tertiary/aromatic N) is 1. The number of halogens is 2. The van der Waals surface area contributed by atoms with Crippen molar-refractivity contribution >= 4 is 15.3 Å². The summed E-state index contributed by atoms with van der Waals surface area (Å²) in [7, 11) is -2.35. The van der Waals surface area contributed by atoms with Gasteiger partial charge in [0, 0.05) is 23.7 Å². The van der Waals surface area contributed by atoms with Crippen molar-refractivity contribution in [2.24, 2.45) is 0 Å². The maximum atomic E-state index is 13.6. The van der Waals surface area contributed by atoms with Gasteiger partial charge in [0.25, 0.3) is 10.3 Å². The van der Waals surface area contributed by atoms with Gasteiger partial charge in [-0.3, -0.25) is 4.90 Å². The third kappa shape index (κ3) is 3.56. The minimum atomic E-state index is -2.35. The fourth-order valence-corrected chi connectivity index (χ4v) is 3.14. The second kappa shape index (κ2) is 6.46. The standard InChI is InChI=1S/C17H13F2NO2S/c18-15-5-1-3-13(7-15)17(14-4-2-6-16(19)8-14)20-9-12(10-20)11-23(21)22/h1-8,17H,9-10H2. The monoisotopic (exact) mass is 333 g/mol. The highest BCUT2D eigenvalue weighted by Crippen LogP contribution is 2.33. The molecule has 6 heteroatoms. The summed E-state index contributed by atoms with van der Waals surface area (Å²) in [5.74, 6) is -0.736. The fraction of sp³-hybridized carbons (Fsp3) is 0.176. The summed E-state index contributed by atoms with van der Waals surface area (Å²) in [6.07, 6.45) is 0. The first-order valence-electron chi connectivity index (χ1n) is 6.98. The van der Waals surface area contributed by atoms with Crippen LogP contribution >= 0.6 is 0 Å². The number of rotatable bonds is 3. The molecular weight excluding hydrogens is 320 g/mol. The number of hydrogen-bond acceptors (Lipinski definition) is 3. The Hall–Kier alpha value is -2.27. The molecule has 1 fully saturated rings. The second-order valence-corrected chi connectivity index (χ2v) is 6.03. The largest absolute Gasteiger partial charge is 0.283 e. The van der Waals surface area contributed by atoms with Gasteiger partial charge in [-0.1, -0.05) is 24.3 Å². The molecule has 1 aliphatic heterocycles. The minimum Gasteiger partial charge on any atom is -0.283 e. The Bertz CT molecular complexity index is 856. The van der Waals surface area contributed by atoms with Gasteiger partial charge in [-0.25, -0.2) is 8.78 Å². The van der Waals surface area contributed by atoms with Crippen LogP contribution in [0.1, 0.15) is 17.2 Å². The number of likely N-dealkylation sites (tertiary alicyclic amines) is 1. The predicted octanol–water partition coefficient (Wildman–Crippen LogP) is 2.58. The van der Waals surface area contributed by atoms with Crippen LogP contribution in [0.5, 0.6) is 0 Å². The molecule has 0 N–H and O–H groups in total. The van der Waals surface area contributed by atoms with E-state index in [1.807, 2.05) is 4.90 Å². The van der Waals surface area contributed by atoms with E-state index in [-0.39, 0.29) is 17.7 Å². The van der Waals surface area contributed by atoms with Gasteiger partial charge < -0.3 is 0 Å². The molecule has 0 aromatic heterocycles. The van der Waals surface area contributed by atoms with E-state index in [2.05, 4.69) is 5.02 Å². The molecule has 0 bridgehead atoms. The van der Waals surface area contributed by atoms with E-state index < -0.39 is 10.3 Å². The van der Waals surface area contributed by atoms with Crippen LogP contribution in [0.4, 0.5) is 8.78 Å². The Balaban J connectivity index is 2.00. The first-order valence-corrected chi connectivity index (χ1v) is 8.06. The predicted molar refractivity (Wildman–Crippen MR) is 83.7 cm³/mol. The lowest BCUT2D eigenvalue weighted by molar-refractivity contribution is 0.204. The minimum absolute atomic E-state index is 0.341. The molecule has 0 spiro atoms. The quantitative estimate of drug-likeness (QED) is 0.810. The molecule has 1 aliphatic rings. The topological polar surface area (TPSA) is 37.4 Å². The highest BCUT2D eigenvalue weighted by atomic mass is 32.2. The van der Waals surface area contributed by atoms with Crippen LogP contribution < -0.4 is 0 Å². The molecule has 0 aliphatic carbocycles. The molecular formula is C17H13F2NO2S. The maximum absolute atomic E-state index is 13.6. The van der Waals surface area contributed by atoms with E-state index in [9.17, 15) is 17.2 Å². The van der Waals surface area contributed by atoms with Crippen molar-refractivity contribution in [2.75, 3.05) is 13.1 Å². The second-order valence-electron chi connectivity index (χ2n) is 5.36. The van der Waals surface area contributed by atoms with Gasteiger partial charge in [0.05, 0.1) is 6.04 Å². The lowest BCUT2D eigenvalue weighted by Gasteiger charge is -2.39. The molecule has 0 atom stereocenters. The van der Waals surface area contributed by atoms with Crippen LogP contribution in [-0.4, -0.2) is 31.4 Å². The van der Waals surface area contributed by atoms with E-state index in [1.165, 1.54) is 24.3 Å². The molecule has 3 nitrogen and oxygen atoms in total. The van der Waals surface area contributed by atoms with E-state index in [1.54, 1.807) is 24.3 Å². The first-order chi connectivity index (χ1) is 11.0. The van der Waals surface area contributed by atoms with Gasteiger partial charge in [-0.2, -0.15) is 8.42 Å². The maximum Gasteiger partial charge on any atom is 0.260 e. The summed E-state index contributed by atoms with van der Waals surface area (Å²) >= 11 is 0. The average molecular weight is 333 g/mol. The summed E-state index contributed by atoms with van der Waals surface area (Å²) in [5, 5.41) is 2.33. The summed E-state index contributed by atoms with van der Waals surface area (Å²) in [4.78, 5) is 1.94. The number of benzene rings is 2. The van der Waals surface area contributed by atoms with E-state index in [4.69, 9.17) is 0 Å². The Kier molecular flexibility index (Phi) is 4.39. The number of hydrogen-bond donors (Lipinski definition) is 0. The molecule has 23 heavy (non-hydrogen) atoms. The molecule has 118 valence electrons. The van der Waals surface area contributed by atoms with Gasteiger partial charge >= 0.3 is 0 Å². The molecule has 0 amide bonds. The molecule has 2 aromatic rings. The summed E-state index contributed by atoms with van der Waals surface area (Å²) < 4.78 is 48.4. The van der Waals surface area contributed by atoms with Crippen LogP contribution in [0.2, 0.25) is 0 Å². The van der Waals surface area contributed by atoms with Crippen LogP contribution in [0.25, 0.3) is 0 Å². The normalized spacial score (nSPS) is 14.5. The van der Waals surface area contributed by atoms with Crippen molar-refractivity contribution in [1.82, 2.24) is 4.90 Å². The van der Waals surface area contributed by atoms with Gasteiger partial charge in [-0.15, -0.1) is 0 Å². The van der Waals surface area contributed by atoms with Crippen LogP contribution in [0.15, 0.2) is 54.1 Å². The van der Waals surface area contributed by atoms with Crippen LogP contribution in [0.3, 0.4) is 0 Å². The zero-order valence-corrected chi connectivity index (χ0v) is 12.9. The Morgan fingerprint density at radius 3 is 1.91 bits per heavy atom. The summed E-state index contributed by atoms with van der Waals surface area (Å²) in [5.41, 5.74) is 2.03. The Labute approximate surface area is 134 Å². The van der Waals surface area contributed by atoms with Crippen molar-refractivity contribution in [2.45, 2.75) is 6.04 Å². The molecule has 2 aromatic carbocycles. The smallest absolute Gasteiger partial charge is 0.260 e. The Morgan fingerprint density at radius 1 is 0.957 bits per heavy atom. The molecule has 0 unspecified atom stereocenters.